The van der Waals surface area contributed by atoms with E-state index in [0.29, 0.717) is 6.54 Å². The van der Waals surface area contributed by atoms with Gasteiger partial charge >= 0.3 is 6.09 Å². The number of alkyl carbamates (subject to hydrolysis) is 1. The number of aryl methyl sites for hydroxylation is 1. The highest BCUT2D eigenvalue weighted by Gasteiger charge is 2.38. The van der Waals surface area contributed by atoms with Gasteiger partial charge in [-0.25, -0.2) is 4.79 Å². The van der Waals surface area contributed by atoms with Gasteiger partial charge < -0.3 is 20.3 Å². The highest BCUT2D eigenvalue weighted by Crippen LogP contribution is 2.26. The number of nitrogens with zero attached hydrogens (tertiary/aromatic N) is 1. The molecule has 192 valence electrons. The lowest BCUT2D eigenvalue weighted by atomic mass is 9.96. The van der Waals surface area contributed by atoms with E-state index in [1.54, 1.807) is 25.7 Å². The number of benzene rings is 1. The van der Waals surface area contributed by atoms with Crippen molar-refractivity contribution in [3.05, 3.63) is 35.4 Å². The predicted octanol–water partition coefficient (Wildman–Crippen LogP) is 4.99. The van der Waals surface area contributed by atoms with Crippen molar-refractivity contribution in [3.8, 4) is 0 Å². The van der Waals surface area contributed by atoms with Crippen LogP contribution in [0.15, 0.2) is 24.3 Å². The van der Waals surface area contributed by atoms with Crippen LogP contribution in [0.5, 0.6) is 0 Å². The predicted molar refractivity (Wildman–Crippen MR) is 136 cm³/mol. The zero-order valence-electron chi connectivity index (χ0n) is 22.5. The molecule has 0 radical (unpaired) electrons. The van der Waals surface area contributed by atoms with Gasteiger partial charge in [0.25, 0.3) is 0 Å². The van der Waals surface area contributed by atoms with E-state index in [1.807, 2.05) is 52.0 Å². The first-order chi connectivity index (χ1) is 15.8. The summed E-state index contributed by atoms with van der Waals surface area (Å²) in [6, 6.07) is 5.89. The minimum Gasteiger partial charge on any atom is -0.444 e. The van der Waals surface area contributed by atoms with E-state index in [4.69, 9.17) is 4.74 Å². The maximum Gasteiger partial charge on any atom is 0.408 e. The highest BCUT2D eigenvalue weighted by atomic mass is 16.6. The van der Waals surface area contributed by atoms with Crippen LogP contribution in [0.25, 0.3) is 0 Å². The lowest BCUT2D eigenvalue weighted by Gasteiger charge is -2.38. The Labute approximate surface area is 206 Å². The Morgan fingerprint density at radius 1 is 1.00 bits per heavy atom. The van der Waals surface area contributed by atoms with Gasteiger partial charge in [-0.2, -0.15) is 0 Å². The lowest BCUT2D eigenvalue weighted by molar-refractivity contribution is -0.145. The zero-order chi connectivity index (χ0) is 26.1. The van der Waals surface area contributed by atoms with Crippen LogP contribution in [0.1, 0.15) is 92.3 Å². The van der Waals surface area contributed by atoms with Crippen LogP contribution >= 0.6 is 0 Å². The molecule has 0 heterocycles. The first-order valence-corrected chi connectivity index (χ1v) is 12.5. The average Bonchev–Trinajstić information content (AvgIpc) is 2.73. The van der Waals surface area contributed by atoms with E-state index < -0.39 is 23.8 Å². The van der Waals surface area contributed by atoms with Gasteiger partial charge in [-0.05, 0) is 64.5 Å². The Balaban J connectivity index is 3.38. The fourth-order valence-corrected chi connectivity index (χ4v) is 3.65. The van der Waals surface area contributed by atoms with E-state index in [1.165, 1.54) is 0 Å². The van der Waals surface area contributed by atoms with E-state index >= 15 is 0 Å². The van der Waals surface area contributed by atoms with Gasteiger partial charge in [-0.15, -0.1) is 0 Å². The number of carbonyl (C=O) groups excluding carboxylic acids is 3. The molecule has 2 atom stereocenters. The maximum atomic E-state index is 13.9. The molecule has 0 aromatic heterocycles. The Hall–Kier alpha value is -2.57. The summed E-state index contributed by atoms with van der Waals surface area (Å²) in [7, 11) is 0. The third-order valence-corrected chi connectivity index (χ3v) is 5.48. The van der Waals surface area contributed by atoms with E-state index in [9.17, 15) is 14.4 Å². The van der Waals surface area contributed by atoms with Gasteiger partial charge in [0.1, 0.15) is 17.7 Å². The molecule has 2 unspecified atom stereocenters. The summed E-state index contributed by atoms with van der Waals surface area (Å²) in [5, 5.41) is 5.74. The maximum absolute atomic E-state index is 13.9. The third-order valence-electron chi connectivity index (χ3n) is 5.48. The number of hydrogen-bond acceptors (Lipinski definition) is 4. The molecule has 1 aromatic rings. The number of amides is 3. The highest BCUT2D eigenvalue weighted by molar-refractivity contribution is 5.92. The van der Waals surface area contributed by atoms with Crippen LogP contribution in [0.2, 0.25) is 0 Å². The molecule has 0 aliphatic rings. The number of unbranched alkanes of at least 4 members (excludes halogenated alkanes) is 1. The van der Waals surface area contributed by atoms with Crippen molar-refractivity contribution in [3.63, 3.8) is 0 Å². The SMILES string of the molecule is CCCCNC(=O)C(c1ccc(CC)cc1)N(C(=O)C(NC(=O)OC(C)(C)C)C(C)C)C(C)C. The fraction of sp³-hybridized carbons (Fsp3) is 0.667. The van der Waals surface area contributed by atoms with Crippen LogP contribution in [0.3, 0.4) is 0 Å². The van der Waals surface area contributed by atoms with Crippen LogP contribution < -0.4 is 10.6 Å². The molecule has 0 spiro atoms. The van der Waals surface area contributed by atoms with Crippen molar-refractivity contribution >= 4 is 17.9 Å². The van der Waals surface area contributed by atoms with E-state index in [-0.39, 0.29) is 23.8 Å². The number of ether oxygens (including phenoxy) is 1. The van der Waals surface area contributed by atoms with Gasteiger partial charge in [-0.1, -0.05) is 58.4 Å². The molecule has 34 heavy (non-hydrogen) atoms. The molecular formula is C27H45N3O4. The molecular weight excluding hydrogens is 430 g/mol. The van der Waals surface area contributed by atoms with Gasteiger partial charge in [0, 0.05) is 12.6 Å². The molecule has 0 aliphatic heterocycles. The fourth-order valence-electron chi connectivity index (χ4n) is 3.65. The number of carbonyl (C=O) groups is 3. The Bertz CT molecular complexity index is 797. The molecule has 7 heteroatoms. The van der Waals surface area contributed by atoms with Gasteiger partial charge in [0.05, 0.1) is 0 Å². The van der Waals surface area contributed by atoms with Crippen LogP contribution in [0, 0.1) is 5.92 Å². The number of nitrogens with one attached hydrogen (secondary N) is 2. The zero-order valence-corrected chi connectivity index (χ0v) is 22.5. The molecule has 0 fully saturated rings. The Morgan fingerprint density at radius 2 is 1.59 bits per heavy atom. The first kappa shape index (κ1) is 29.5. The molecule has 1 rings (SSSR count). The molecule has 0 saturated heterocycles. The third kappa shape index (κ3) is 8.99. The summed E-state index contributed by atoms with van der Waals surface area (Å²) >= 11 is 0. The molecule has 2 N–H and O–H groups in total. The molecule has 0 saturated carbocycles. The van der Waals surface area contributed by atoms with Crippen LogP contribution in [0.4, 0.5) is 4.79 Å². The average molecular weight is 476 g/mol. The minimum absolute atomic E-state index is 0.201. The van der Waals surface area contributed by atoms with Crippen molar-refractivity contribution in [2.75, 3.05) is 6.54 Å². The van der Waals surface area contributed by atoms with Gasteiger partial charge in [-0.3, -0.25) is 9.59 Å². The molecule has 0 aliphatic carbocycles. The Kier molecular flexibility index (Phi) is 11.6. The molecule has 1 aromatic carbocycles. The first-order valence-electron chi connectivity index (χ1n) is 12.5. The summed E-state index contributed by atoms with van der Waals surface area (Å²) in [5.41, 5.74) is 1.21. The van der Waals surface area contributed by atoms with Crippen molar-refractivity contribution in [1.29, 1.82) is 0 Å². The summed E-state index contributed by atoms with van der Waals surface area (Å²) in [6.07, 6.45) is 2.05. The molecule has 0 bridgehead atoms. The normalized spacial score (nSPS) is 13.4. The van der Waals surface area contributed by atoms with Gasteiger partial charge in [0.15, 0.2) is 0 Å². The number of rotatable bonds is 11. The molecule has 3 amide bonds. The monoisotopic (exact) mass is 475 g/mol. The topological polar surface area (TPSA) is 87.7 Å². The standard InChI is InChI=1S/C27H45N3O4/c1-10-12-17-28-24(31)23(21-15-13-20(11-2)14-16-21)30(19(5)6)25(32)22(18(3)4)29-26(33)34-27(7,8)9/h13-16,18-19,22-23H,10-12,17H2,1-9H3,(H,28,31)(H,29,33). The van der Waals surface area contributed by atoms with Crippen LogP contribution in [-0.2, 0) is 20.7 Å². The van der Waals surface area contributed by atoms with Crippen molar-refractivity contribution < 1.29 is 19.1 Å². The molecule has 7 nitrogen and oxygen atoms in total. The van der Waals surface area contributed by atoms with Gasteiger partial charge in [0.2, 0.25) is 11.8 Å². The van der Waals surface area contributed by atoms with E-state index in [2.05, 4.69) is 24.5 Å². The lowest BCUT2D eigenvalue weighted by Crippen LogP contribution is -2.56. The largest absolute Gasteiger partial charge is 0.444 e. The van der Waals surface area contributed by atoms with Crippen molar-refractivity contribution in [2.45, 2.75) is 105 Å². The second-order valence-corrected chi connectivity index (χ2v) is 10.3. The summed E-state index contributed by atoms with van der Waals surface area (Å²) in [5.74, 6) is -0.738. The summed E-state index contributed by atoms with van der Waals surface area (Å²) in [6.45, 7) is 17.5. The summed E-state index contributed by atoms with van der Waals surface area (Å²) in [4.78, 5) is 41.4. The number of hydrogen-bond donors (Lipinski definition) is 2. The Morgan fingerprint density at radius 3 is 2.03 bits per heavy atom. The quantitative estimate of drug-likeness (QED) is 0.441. The van der Waals surface area contributed by atoms with Crippen molar-refractivity contribution in [2.24, 2.45) is 5.92 Å². The van der Waals surface area contributed by atoms with Crippen molar-refractivity contribution in [1.82, 2.24) is 15.5 Å². The van der Waals surface area contributed by atoms with E-state index in [0.717, 1.165) is 30.4 Å². The minimum atomic E-state index is -0.835. The second-order valence-electron chi connectivity index (χ2n) is 10.3. The van der Waals surface area contributed by atoms with Crippen LogP contribution in [-0.4, -0.2) is 47.0 Å². The smallest absolute Gasteiger partial charge is 0.408 e. The summed E-state index contributed by atoms with van der Waals surface area (Å²) < 4.78 is 5.39. The second kappa shape index (κ2) is 13.4.